The number of hydrogen-bond acceptors (Lipinski definition) is 5. The third-order valence-electron chi connectivity index (χ3n) is 3.80. The summed E-state index contributed by atoms with van der Waals surface area (Å²) in [5, 5.41) is 13.6. The van der Waals surface area contributed by atoms with Crippen LogP contribution in [0, 0.1) is 12.7 Å². The molecular weight excluding hydrogens is 413 g/mol. The molecule has 1 fully saturated rings. The van der Waals surface area contributed by atoms with Crippen LogP contribution >= 0.6 is 35.6 Å². The molecule has 2 aromatic rings. The first-order valence-corrected chi connectivity index (χ1v) is 9.31. The number of halogens is 2. The third-order valence-corrected chi connectivity index (χ3v) is 5.57. The molecule has 0 saturated carbocycles. The maximum absolute atomic E-state index is 13.0. The minimum absolute atomic E-state index is 0.182. The molecular formula is C17H13ClFN3O3S2. The van der Waals surface area contributed by atoms with Crippen molar-refractivity contribution in [2.75, 3.05) is 6.54 Å². The number of benzene rings is 1. The first-order chi connectivity index (χ1) is 12.8. The molecule has 0 bridgehead atoms. The van der Waals surface area contributed by atoms with Crippen LogP contribution in [0.5, 0.6) is 0 Å². The van der Waals surface area contributed by atoms with Gasteiger partial charge in [-0.2, -0.15) is 5.10 Å². The molecule has 3 rings (SSSR count). The maximum atomic E-state index is 13.0. The maximum Gasteiger partial charge on any atom is 0.323 e. The highest BCUT2D eigenvalue weighted by Gasteiger charge is 2.33. The zero-order chi connectivity index (χ0) is 19.7. The van der Waals surface area contributed by atoms with Crippen LogP contribution < -0.4 is 0 Å². The average Bonchev–Trinajstić information content (AvgIpc) is 3.01. The molecule has 1 N–H and O–H groups in total. The SMILES string of the molecule is Cc1nn(Cc2ccc(F)cc2)c(Cl)c1C=C1SC(=S)N(CC(=O)O)C1=O. The number of nitrogens with zero attached hydrogens (tertiary/aromatic N) is 3. The summed E-state index contributed by atoms with van der Waals surface area (Å²) in [7, 11) is 0. The second kappa shape index (κ2) is 7.79. The highest BCUT2D eigenvalue weighted by atomic mass is 35.5. The number of aliphatic carboxylic acids is 1. The molecule has 1 amide bonds. The van der Waals surface area contributed by atoms with Gasteiger partial charge in [0, 0.05) is 5.56 Å². The van der Waals surface area contributed by atoms with E-state index in [9.17, 15) is 14.0 Å². The molecule has 10 heteroatoms. The summed E-state index contributed by atoms with van der Waals surface area (Å²) in [6, 6.07) is 5.99. The number of thiocarbonyl (C=S) groups is 1. The topological polar surface area (TPSA) is 75.4 Å². The Morgan fingerprint density at radius 3 is 2.70 bits per heavy atom. The number of amides is 1. The van der Waals surface area contributed by atoms with Gasteiger partial charge in [0.25, 0.3) is 5.91 Å². The molecule has 0 spiro atoms. The summed E-state index contributed by atoms with van der Waals surface area (Å²) in [4.78, 5) is 24.6. The quantitative estimate of drug-likeness (QED) is 0.585. The molecule has 0 aliphatic carbocycles. The van der Waals surface area contributed by atoms with E-state index in [2.05, 4.69) is 5.10 Å². The van der Waals surface area contributed by atoms with Crippen LogP contribution in [0.15, 0.2) is 29.2 Å². The van der Waals surface area contributed by atoms with Crippen molar-refractivity contribution in [1.82, 2.24) is 14.7 Å². The molecule has 140 valence electrons. The van der Waals surface area contributed by atoms with Crippen molar-refractivity contribution >= 4 is 57.9 Å². The standard InChI is InChI=1S/C17H13ClFN3O3S2/c1-9-12(6-13-16(25)21(8-14(23)24)17(26)27-13)15(18)22(20-9)7-10-2-4-11(19)5-3-10/h2-6H,7-8H2,1H3,(H,23,24). The number of hydrogen-bond donors (Lipinski definition) is 1. The van der Waals surface area contributed by atoms with Gasteiger partial charge in [-0.3, -0.25) is 14.5 Å². The number of rotatable bonds is 5. The number of carbonyl (C=O) groups is 2. The Hall–Kier alpha value is -2.23. The number of aromatic nitrogens is 2. The first-order valence-electron chi connectivity index (χ1n) is 7.70. The van der Waals surface area contributed by atoms with E-state index in [0.717, 1.165) is 22.2 Å². The van der Waals surface area contributed by atoms with Crippen molar-refractivity contribution in [1.29, 1.82) is 0 Å². The largest absolute Gasteiger partial charge is 0.480 e. The summed E-state index contributed by atoms with van der Waals surface area (Å²) in [6.07, 6.45) is 1.56. The lowest BCUT2D eigenvalue weighted by Gasteiger charge is -2.10. The fraction of sp³-hybridized carbons (Fsp3) is 0.176. The summed E-state index contributed by atoms with van der Waals surface area (Å²) in [5.74, 6) is -1.95. The zero-order valence-corrected chi connectivity index (χ0v) is 16.4. The van der Waals surface area contributed by atoms with Crippen LogP contribution in [0.25, 0.3) is 6.08 Å². The summed E-state index contributed by atoms with van der Waals surface area (Å²) >= 11 is 12.5. The predicted molar refractivity (Wildman–Crippen MR) is 105 cm³/mol. The van der Waals surface area contributed by atoms with Gasteiger partial charge >= 0.3 is 5.97 Å². The van der Waals surface area contributed by atoms with Crippen molar-refractivity contribution in [2.45, 2.75) is 13.5 Å². The van der Waals surface area contributed by atoms with Gasteiger partial charge in [0.05, 0.1) is 17.1 Å². The monoisotopic (exact) mass is 425 g/mol. The van der Waals surface area contributed by atoms with Crippen molar-refractivity contribution in [3.63, 3.8) is 0 Å². The van der Waals surface area contributed by atoms with Crippen LogP contribution in [0.3, 0.4) is 0 Å². The zero-order valence-electron chi connectivity index (χ0n) is 14.0. The molecule has 1 aliphatic heterocycles. The van der Waals surface area contributed by atoms with Gasteiger partial charge < -0.3 is 5.11 Å². The minimum Gasteiger partial charge on any atom is -0.480 e. The van der Waals surface area contributed by atoms with Gasteiger partial charge in [0.1, 0.15) is 21.8 Å². The van der Waals surface area contributed by atoms with Gasteiger partial charge in [-0.15, -0.1) is 0 Å². The molecule has 1 aromatic carbocycles. The molecule has 1 aliphatic rings. The normalized spacial score (nSPS) is 15.8. The van der Waals surface area contributed by atoms with Crippen molar-refractivity contribution in [3.05, 3.63) is 57.0 Å². The number of aryl methyl sites for hydroxylation is 1. The van der Waals surface area contributed by atoms with E-state index in [1.807, 2.05) is 0 Å². The first kappa shape index (κ1) is 19.5. The lowest BCUT2D eigenvalue weighted by molar-refractivity contribution is -0.140. The number of carboxylic acids is 1. The van der Waals surface area contributed by atoms with Crippen molar-refractivity contribution < 1.29 is 19.1 Å². The molecule has 1 saturated heterocycles. The molecule has 27 heavy (non-hydrogen) atoms. The van der Waals surface area contributed by atoms with Crippen LogP contribution in [-0.2, 0) is 16.1 Å². The summed E-state index contributed by atoms with van der Waals surface area (Å²) in [5.41, 5.74) is 1.97. The highest BCUT2D eigenvalue weighted by molar-refractivity contribution is 8.26. The number of carbonyl (C=O) groups excluding carboxylic acids is 1. The van der Waals surface area contributed by atoms with Crippen LogP contribution in [-0.4, -0.2) is 42.5 Å². The van der Waals surface area contributed by atoms with Crippen LogP contribution in [0.2, 0.25) is 5.15 Å². The second-order valence-electron chi connectivity index (χ2n) is 5.74. The molecule has 2 heterocycles. The average molecular weight is 426 g/mol. The van der Waals surface area contributed by atoms with E-state index in [-0.39, 0.29) is 15.0 Å². The van der Waals surface area contributed by atoms with Gasteiger partial charge in [0.15, 0.2) is 0 Å². The Morgan fingerprint density at radius 2 is 2.07 bits per heavy atom. The van der Waals surface area contributed by atoms with E-state index < -0.39 is 18.4 Å². The second-order valence-corrected chi connectivity index (χ2v) is 7.77. The molecule has 0 radical (unpaired) electrons. The van der Waals surface area contributed by atoms with Gasteiger partial charge in [-0.05, 0) is 30.7 Å². The van der Waals surface area contributed by atoms with E-state index in [1.165, 1.54) is 12.1 Å². The van der Waals surface area contributed by atoms with Crippen LogP contribution in [0.4, 0.5) is 4.39 Å². The Kier molecular flexibility index (Phi) is 5.64. The number of carboxylic acid groups (broad SMARTS) is 1. The highest BCUT2D eigenvalue weighted by Crippen LogP contribution is 2.34. The Labute approximate surface area is 168 Å². The van der Waals surface area contributed by atoms with E-state index in [1.54, 1.807) is 29.8 Å². The van der Waals surface area contributed by atoms with Gasteiger partial charge in [-0.25, -0.2) is 9.07 Å². The molecule has 6 nitrogen and oxygen atoms in total. The van der Waals surface area contributed by atoms with Gasteiger partial charge in [-0.1, -0.05) is 47.7 Å². The minimum atomic E-state index is -1.14. The van der Waals surface area contributed by atoms with Crippen molar-refractivity contribution in [2.24, 2.45) is 0 Å². The smallest absolute Gasteiger partial charge is 0.323 e. The van der Waals surface area contributed by atoms with E-state index in [0.29, 0.717) is 23.0 Å². The van der Waals surface area contributed by atoms with E-state index >= 15 is 0 Å². The molecule has 0 unspecified atom stereocenters. The predicted octanol–water partition coefficient (Wildman–Crippen LogP) is 3.32. The molecule has 1 aromatic heterocycles. The fourth-order valence-corrected chi connectivity index (χ4v) is 4.03. The Morgan fingerprint density at radius 1 is 1.41 bits per heavy atom. The Bertz CT molecular complexity index is 973. The molecule has 0 atom stereocenters. The fourth-order valence-electron chi connectivity index (χ4n) is 2.50. The van der Waals surface area contributed by atoms with Crippen LogP contribution in [0.1, 0.15) is 16.8 Å². The van der Waals surface area contributed by atoms with E-state index in [4.69, 9.17) is 28.9 Å². The summed E-state index contributed by atoms with van der Waals surface area (Å²) < 4.78 is 14.8. The van der Waals surface area contributed by atoms with Crippen molar-refractivity contribution in [3.8, 4) is 0 Å². The number of thioether (sulfide) groups is 1. The lowest BCUT2D eigenvalue weighted by atomic mass is 10.2. The van der Waals surface area contributed by atoms with Gasteiger partial charge in [0.2, 0.25) is 0 Å². The summed E-state index contributed by atoms with van der Waals surface area (Å²) in [6.45, 7) is 1.60. The Balaban J connectivity index is 1.87. The third kappa shape index (κ3) is 4.20. The lowest BCUT2D eigenvalue weighted by Crippen LogP contribution is -2.33.